The standard InChI is InChI=1S/C23H32N2.ClH/c1-5-24(6-2)23(25(7-3)8-4)17-19-13-11-15-21-20-14-10-9-12-18(20)16-22(19)21;/h9-15,23H,5-8,16-17H2,1-4H3;1H. The van der Waals surface area contributed by atoms with Crippen molar-refractivity contribution in [2.75, 3.05) is 26.2 Å². The molecule has 0 aliphatic heterocycles. The number of nitrogens with zero attached hydrogens (tertiary/aromatic N) is 2. The first-order valence-corrected chi connectivity index (χ1v) is 9.90. The minimum absolute atomic E-state index is 0. The maximum atomic E-state index is 2.61. The Morgan fingerprint density at radius 3 is 1.96 bits per heavy atom. The van der Waals surface area contributed by atoms with Crippen molar-refractivity contribution in [3.05, 3.63) is 59.2 Å². The highest BCUT2D eigenvalue weighted by molar-refractivity contribution is 5.85. The molecule has 1 aliphatic rings. The van der Waals surface area contributed by atoms with E-state index in [1.807, 2.05) is 0 Å². The Labute approximate surface area is 165 Å². The van der Waals surface area contributed by atoms with Gasteiger partial charge in [-0.05, 0) is 60.4 Å². The van der Waals surface area contributed by atoms with Crippen molar-refractivity contribution in [2.24, 2.45) is 0 Å². The van der Waals surface area contributed by atoms with Crippen LogP contribution in [0.4, 0.5) is 0 Å². The fourth-order valence-corrected chi connectivity index (χ4v) is 4.39. The average Bonchev–Trinajstić information content (AvgIpc) is 3.03. The zero-order chi connectivity index (χ0) is 17.8. The Balaban J connectivity index is 0.00000243. The molecule has 26 heavy (non-hydrogen) atoms. The summed E-state index contributed by atoms with van der Waals surface area (Å²) in [6.45, 7) is 13.5. The molecule has 0 aromatic heterocycles. The lowest BCUT2D eigenvalue weighted by Crippen LogP contribution is -2.49. The number of likely N-dealkylation sites (N-methyl/N-ethyl adjacent to an activating group) is 2. The van der Waals surface area contributed by atoms with E-state index in [0.717, 1.165) is 39.0 Å². The predicted octanol–water partition coefficient (Wildman–Crippen LogP) is 5.23. The first-order chi connectivity index (χ1) is 12.2. The quantitative estimate of drug-likeness (QED) is 0.499. The van der Waals surface area contributed by atoms with Crippen molar-refractivity contribution in [3.63, 3.8) is 0 Å². The lowest BCUT2D eigenvalue weighted by molar-refractivity contribution is 0.0569. The second-order valence-corrected chi connectivity index (χ2v) is 6.90. The topological polar surface area (TPSA) is 6.48 Å². The first kappa shape index (κ1) is 21.0. The van der Waals surface area contributed by atoms with Gasteiger partial charge in [0.1, 0.15) is 0 Å². The molecule has 3 rings (SSSR count). The summed E-state index contributed by atoms with van der Waals surface area (Å²) in [5, 5.41) is 0. The van der Waals surface area contributed by atoms with Crippen LogP contribution in [-0.2, 0) is 12.8 Å². The fraction of sp³-hybridized carbons (Fsp3) is 0.478. The van der Waals surface area contributed by atoms with Crippen molar-refractivity contribution in [3.8, 4) is 11.1 Å². The van der Waals surface area contributed by atoms with Crippen molar-refractivity contribution in [1.82, 2.24) is 9.80 Å². The van der Waals surface area contributed by atoms with Gasteiger partial charge in [-0.2, -0.15) is 0 Å². The third-order valence-corrected chi connectivity index (χ3v) is 5.82. The van der Waals surface area contributed by atoms with Crippen LogP contribution in [0.5, 0.6) is 0 Å². The molecule has 0 amide bonds. The number of hydrogen-bond donors (Lipinski definition) is 0. The summed E-state index contributed by atoms with van der Waals surface area (Å²) in [7, 11) is 0. The fourth-order valence-electron chi connectivity index (χ4n) is 4.39. The van der Waals surface area contributed by atoms with Crippen LogP contribution in [0, 0.1) is 0 Å². The summed E-state index contributed by atoms with van der Waals surface area (Å²) in [5.41, 5.74) is 7.44. The van der Waals surface area contributed by atoms with Crippen molar-refractivity contribution >= 4 is 12.4 Å². The van der Waals surface area contributed by atoms with Crippen molar-refractivity contribution in [1.29, 1.82) is 0 Å². The molecule has 0 fully saturated rings. The van der Waals surface area contributed by atoms with Crippen molar-refractivity contribution < 1.29 is 0 Å². The molecule has 0 saturated carbocycles. The highest BCUT2D eigenvalue weighted by atomic mass is 35.5. The zero-order valence-electron chi connectivity index (χ0n) is 16.7. The van der Waals surface area contributed by atoms with E-state index in [-0.39, 0.29) is 12.4 Å². The Bertz CT molecular complexity index is 693. The summed E-state index contributed by atoms with van der Waals surface area (Å²) in [6.07, 6.45) is 2.69. The smallest absolute Gasteiger partial charge is 0.0663 e. The predicted molar refractivity (Wildman–Crippen MR) is 115 cm³/mol. The SMILES string of the molecule is CCN(CC)C(Cc1cccc2c1Cc1ccccc1-2)N(CC)CC.Cl. The van der Waals surface area contributed by atoms with Gasteiger partial charge >= 0.3 is 0 Å². The molecular weight excluding hydrogens is 340 g/mol. The summed E-state index contributed by atoms with van der Waals surface area (Å²) < 4.78 is 0. The van der Waals surface area contributed by atoms with Crippen LogP contribution in [0.1, 0.15) is 44.4 Å². The average molecular weight is 373 g/mol. The van der Waals surface area contributed by atoms with E-state index in [0.29, 0.717) is 6.17 Å². The molecule has 2 nitrogen and oxygen atoms in total. The van der Waals surface area contributed by atoms with E-state index >= 15 is 0 Å². The summed E-state index contributed by atoms with van der Waals surface area (Å²) in [5.74, 6) is 0. The van der Waals surface area contributed by atoms with E-state index in [1.165, 1.54) is 22.3 Å². The Morgan fingerprint density at radius 1 is 0.769 bits per heavy atom. The second-order valence-electron chi connectivity index (χ2n) is 6.90. The van der Waals surface area contributed by atoms with Crippen LogP contribution in [0.2, 0.25) is 0 Å². The summed E-state index contributed by atoms with van der Waals surface area (Å²) in [6, 6.07) is 15.8. The largest absolute Gasteiger partial charge is 0.288 e. The Kier molecular flexibility index (Phi) is 7.69. The Morgan fingerprint density at radius 2 is 1.35 bits per heavy atom. The molecule has 1 aliphatic carbocycles. The van der Waals surface area contributed by atoms with Gasteiger partial charge in [-0.1, -0.05) is 70.2 Å². The van der Waals surface area contributed by atoms with Crippen LogP contribution in [-0.4, -0.2) is 42.1 Å². The molecule has 0 spiro atoms. The lowest BCUT2D eigenvalue weighted by atomic mass is 9.97. The summed E-state index contributed by atoms with van der Waals surface area (Å²) in [4.78, 5) is 5.21. The molecule has 0 radical (unpaired) electrons. The minimum atomic E-state index is 0. The molecule has 2 aromatic rings. The highest BCUT2D eigenvalue weighted by Gasteiger charge is 2.26. The third-order valence-electron chi connectivity index (χ3n) is 5.82. The van der Waals surface area contributed by atoms with E-state index in [1.54, 1.807) is 5.56 Å². The summed E-state index contributed by atoms with van der Waals surface area (Å²) >= 11 is 0. The van der Waals surface area contributed by atoms with Gasteiger partial charge < -0.3 is 0 Å². The minimum Gasteiger partial charge on any atom is -0.288 e. The van der Waals surface area contributed by atoms with E-state index in [2.05, 4.69) is 80.0 Å². The highest BCUT2D eigenvalue weighted by Crippen LogP contribution is 2.38. The molecule has 3 heteroatoms. The van der Waals surface area contributed by atoms with Gasteiger partial charge in [-0.25, -0.2) is 0 Å². The third kappa shape index (κ3) is 3.98. The van der Waals surface area contributed by atoms with Gasteiger partial charge in [-0.3, -0.25) is 9.80 Å². The lowest BCUT2D eigenvalue weighted by Gasteiger charge is -2.38. The molecular formula is C23H33ClN2. The van der Waals surface area contributed by atoms with E-state index in [9.17, 15) is 0 Å². The second kappa shape index (κ2) is 9.55. The van der Waals surface area contributed by atoms with Crippen LogP contribution >= 0.6 is 12.4 Å². The zero-order valence-corrected chi connectivity index (χ0v) is 17.5. The van der Waals surface area contributed by atoms with Crippen LogP contribution in [0.25, 0.3) is 11.1 Å². The van der Waals surface area contributed by atoms with Gasteiger partial charge in [0, 0.05) is 6.42 Å². The maximum Gasteiger partial charge on any atom is 0.0663 e. The van der Waals surface area contributed by atoms with Gasteiger partial charge in [0.15, 0.2) is 0 Å². The first-order valence-electron chi connectivity index (χ1n) is 9.90. The molecule has 0 saturated heterocycles. The molecule has 0 N–H and O–H groups in total. The van der Waals surface area contributed by atoms with Gasteiger partial charge in [-0.15, -0.1) is 12.4 Å². The van der Waals surface area contributed by atoms with Gasteiger partial charge in [0.2, 0.25) is 0 Å². The van der Waals surface area contributed by atoms with Crippen LogP contribution < -0.4 is 0 Å². The molecule has 0 atom stereocenters. The Hall–Kier alpha value is -1.35. The molecule has 0 unspecified atom stereocenters. The van der Waals surface area contributed by atoms with E-state index in [4.69, 9.17) is 0 Å². The van der Waals surface area contributed by atoms with Crippen LogP contribution in [0.15, 0.2) is 42.5 Å². The monoisotopic (exact) mass is 372 g/mol. The number of fused-ring (bicyclic) bond motifs is 3. The van der Waals surface area contributed by atoms with Gasteiger partial charge in [0.05, 0.1) is 6.17 Å². The maximum absolute atomic E-state index is 2.61. The number of hydrogen-bond acceptors (Lipinski definition) is 2. The van der Waals surface area contributed by atoms with Gasteiger partial charge in [0.25, 0.3) is 0 Å². The van der Waals surface area contributed by atoms with Crippen molar-refractivity contribution in [2.45, 2.75) is 46.7 Å². The van der Waals surface area contributed by atoms with Crippen LogP contribution in [0.3, 0.4) is 0 Å². The molecule has 142 valence electrons. The van der Waals surface area contributed by atoms with E-state index < -0.39 is 0 Å². The molecule has 0 bridgehead atoms. The molecule has 0 heterocycles. The molecule has 2 aromatic carbocycles. The number of rotatable bonds is 8. The normalized spacial score (nSPS) is 12.4. The number of benzene rings is 2. The number of halogens is 1.